The average Bonchev–Trinajstić information content (AvgIpc) is 3.61. The maximum absolute atomic E-state index is 12.9. The molecule has 0 unspecified atom stereocenters. The Kier molecular flexibility index (Phi) is 6.89. The number of methoxy groups -OCH3 is 1. The highest BCUT2D eigenvalue weighted by Gasteiger charge is 2.30. The molecule has 1 fully saturated rings. The topological polar surface area (TPSA) is 90.2 Å². The number of benzene rings is 2. The molecule has 1 heterocycles. The number of amides is 2. The molecule has 1 aliphatic carbocycles. The number of aromatic nitrogens is 3. The monoisotopic (exact) mass is 435 g/mol. The fourth-order valence-electron chi connectivity index (χ4n) is 3.64. The van der Waals surface area contributed by atoms with Gasteiger partial charge in [-0.2, -0.15) is 0 Å². The van der Waals surface area contributed by atoms with Crippen LogP contribution in [0.1, 0.15) is 30.9 Å². The highest BCUT2D eigenvalue weighted by molar-refractivity contribution is 5.73. The number of hydrogen-bond acceptors (Lipinski definition) is 4. The van der Waals surface area contributed by atoms with Gasteiger partial charge in [-0.15, -0.1) is 5.10 Å². The Bertz CT molecular complexity index is 1090. The minimum atomic E-state index is -0.233. The van der Waals surface area contributed by atoms with Gasteiger partial charge in [0.15, 0.2) is 5.82 Å². The lowest BCUT2D eigenvalue weighted by molar-refractivity contribution is 0.240. The zero-order valence-electron chi connectivity index (χ0n) is 18.3. The summed E-state index contributed by atoms with van der Waals surface area (Å²) in [6.45, 7) is 1.24. The van der Waals surface area contributed by atoms with Crippen molar-refractivity contribution in [2.45, 2.75) is 38.3 Å². The van der Waals surface area contributed by atoms with Crippen LogP contribution in [0.15, 0.2) is 59.4 Å². The predicted molar refractivity (Wildman–Crippen MR) is 123 cm³/mol. The lowest BCUT2D eigenvalue weighted by atomic mass is 10.1. The quantitative estimate of drug-likeness (QED) is 0.479. The Balaban J connectivity index is 1.29. The number of nitrogens with one attached hydrogen (secondary N) is 2. The van der Waals surface area contributed by atoms with E-state index in [1.54, 1.807) is 11.7 Å². The average molecular weight is 436 g/mol. The molecule has 8 nitrogen and oxygen atoms in total. The van der Waals surface area contributed by atoms with E-state index in [4.69, 9.17) is 4.74 Å². The molecule has 168 valence electrons. The van der Waals surface area contributed by atoms with Gasteiger partial charge in [0.2, 0.25) is 0 Å². The van der Waals surface area contributed by atoms with Gasteiger partial charge in [0, 0.05) is 24.7 Å². The normalized spacial score (nSPS) is 13.0. The molecule has 3 aromatic rings. The molecule has 0 spiro atoms. The van der Waals surface area contributed by atoms with Crippen LogP contribution in [0, 0.1) is 0 Å². The van der Waals surface area contributed by atoms with Gasteiger partial charge in [-0.25, -0.2) is 14.3 Å². The molecule has 0 radical (unpaired) electrons. The zero-order chi connectivity index (χ0) is 22.3. The Labute approximate surface area is 187 Å². The Morgan fingerprint density at radius 1 is 1.06 bits per heavy atom. The molecule has 0 aliphatic heterocycles. The Morgan fingerprint density at radius 2 is 1.78 bits per heavy atom. The summed E-state index contributed by atoms with van der Waals surface area (Å²) in [7, 11) is 1.62. The van der Waals surface area contributed by atoms with Crippen LogP contribution in [0.5, 0.6) is 5.75 Å². The van der Waals surface area contributed by atoms with E-state index >= 15 is 0 Å². The maximum atomic E-state index is 12.9. The molecule has 0 saturated heterocycles. The molecule has 1 aromatic heterocycles. The van der Waals surface area contributed by atoms with Crippen LogP contribution in [-0.4, -0.2) is 40.6 Å². The molecule has 2 N–H and O–H groups in total. The van der Waals surface area contributed by atoms with Crippen LogP contribution in [-0.2, 0) is 13.0 Å². The number of nitrogens with zero attached hydrogens (tertiary/aromatic N) is 3. The second-order valence-corrected chi connectivity index (χ2v) is 7.93. The van der Waals surface area contributed by atoms with Crippen molar-refractivity contribution in [2.24, 2.45) is 0 Å². The van der Waals surface area contributed by atoms with E-state index in [0.29, 0.717) is 25.5 Å². The van der Waals surface area contributed by atoms with Crippen LogP contribution >= 0.6 is 0 Å². The predicted octanol–water partition coefficient (Wildman–Crippen LogP) is 2.99. The summed E-state index contributed by atoms with van der Waals surface area (Å²) in [4.78, 5) is 25.0. The second-order valence-electron chi connectivity index (χ2n) is 7.93. The van der Waals surface area contributed by atoms with Crippen LogP contribution in [0.4, 0.5) is 4.79 Å². The van der Waals surface area contributed by atoms with Crippen molar-refractivity contribution < 1.29 is 9.53 Å². The summed E-state index contributed by atoms with van der Waals surface area (Å²) >= 11 is 0. The zero-order valence-corrected chi connectivity index (χ0v) is 18.3. The molecule has 2 aromatic carbocycles. The van der Waals surface area contributed by atoms with Gasteiger partial charge in [0.1, 0.15) is 5.75 Å². The van der Waals surface area contributed by atoms with E-state index in [0.717, 1.165) is 37.0 Å². The van der Waals surface area contributed by atoms with Gasteiger partial charge in [-0.3, -0.25) is 4.57 Å². The first-order valence-electron chi connectivity index (χ1n) is 11.0. The summed E-state index contributed by atoms with van der Waals surface area (Å²) in [5, 5.41) is 10.2. The third kappa shape index (κ3) is 5.38. The summed E-state index contributed by atoms with van der Waals surface area (Å²) in [6, 6.07) is 17.7. The maximum Gasteiger partial charge on any atom is 0.346 e. The van der Waals surface area contributed by atoms with Crippen molar-refractivity contribution in [2.75, 3.05) is 20.2 Å². The second kappa shape index (κ2) is 10.2. The van der Waals surface area contributed by atoms with Crippen molar-refractivity contribution in [3.8, 4) is 17.1 Å². The van der Waals surface area contributed by atoms with Crippen LogP contribution in [0.3, 0.4) is 0 Å². The highest BCUT2D eigenvalue weighted by Crippen LogP contribution is 2.36. The number of hydrogen-bond donors (Lipinski definition) is 2. The molecule has 1 saturated carbocycles. The van der Waals surface area contributed by atoms with E-state index in [2.05, 4.69) is 27.9 Å². The van der Waals surface area contributed by atoms with Gasteiger partial charge < -0.3 is 15.4 Å². The van der Waals surface area contributed by atoms with Gasteiger partial charge in [0.25, 0.3) is 0 Å². The molecule has 32 heavy (non-hydrogen) atoms. The number of rotatable bonds is 10. The van der Waals surface area contributed by atoms with Crippen molar-refractivity contribution in [3.63, 3.8) is 0 Å². The van der Waals surface area contributed by atoms with Gasteiger partial charge in [-0.05, 0) is 55.5 Å². The molecule has 4 rings (SSSR count). The molecule has 1 aliphatic rings. The first-order valence-corrected chi connectivity index (χ1v) is 11.0. The Hall–Kier alpha value is -3.55. The third-order valence-corrected chi connectivity index (χ3v) is 5.51. The van der Waals surface area contributed by atoms with E-state index in [-0.39, 0.29) is 17.8 Å². The largest absolute Gasteiger partial charge is 0.497 e. The number of ether oxygens (including phenoxy) is 1. The van der Waals surface area contributed by atoms with E-state index in [1.165, 1.54) is 10.2 Å². The third-order valence-electron chi connectivity index (χ3n) is 5.51. The number of aryl methyl sites for hydroxylation is 1. The first kappa shape index (κ1) is 21.7. The standard InChI is InChI=1S/C24H29N5O3/c1-32-21-13-9-19(10-14-21)22-27-28(24(31)29(22)20-11-12-20)17-16-26-23(30)25-15-5-8-18-6-3-2-4-7-18/h2-4,6-7,9-10,13-14,20H,5,8,11-12,15-17H2,1H3,(H2,25,26,30). The highest BCUT2D eigenvalue weighted by atomic mass is 16.5. The summed E-state index contributed by atoms with van der Waals surface area (Å²) in [5.74, 6) is 1.41. The summed E-state index contributed by atoms with van der Waals surface area (Å²) in [6.07, 6.45) is 3.76. The summed E-state index contributed by atoms with van der Waals surface area (Å²) < 4.78 is 8.42. The van der Waals surface area contributed by atoms with Crippen LogP contribution in [0.2, 0.25) is 0 Å². The SMILES string of the molecule is COc1ccc(-c2nn(CCNC(=O)NCCCc3ccccc3)c(=O)n2C2CC2)cc1. The smallest absolute Gasteiger partial charge is 0.346 e. The van der Waals surface area contributed by atoms with E-state index in [9.17, 15) is 9.59 Å². The van der Waals surface area contributed by atoms with E-state index < -0.39 is 0 Å². The Morgan fingerprint density at radius 3 is 2.47 bits per heavy atom. The summed E-state index contributed by atoms with van der Waals surface area (Å²) in [5.41, 5.74) is 1.99. The lowest BCUT2D eigenvalue weighted by Crippen LogP contribution is -2.39. The first-order chi connectivity index (χ1) is 15.7. The molecule has 0 bridgehead atoms. The molecular formula is C24H29N5O3. The number of carbonyl (C=O) groups excluding carboxylic acids is 1. The van der Waals surface area contributed by atoms with Crippen LogP contribution in [0.25, 0.3) is 11.4 Å². The van der Waals surface area contributed by atoms with Gasteiger partial charge in [-0.1, -0.05) is 30.3 Å². The van der Waals surface area contributed by atoms with Crippen molar-refractivity contribution in [1.29, 1.82) is 0 Å². The molecule has 2 amide bonds. The fraction of sp³-hybridized carbons (Fsp3) is 0.375. The van der Waals surface area contributed by atoms with Crippen molar-refractivity contribution in [1.82, 2.24) is 25.0 Å². The van der Waals surface area contributed by atoms with Crippen molar-refractivity contribution >= 4 is 6.03 Å². The van der Waals surface area contributed by atoms with E-state index in [1.807, 2.05) is 42.5 Å². The van der Waals surface area contributed by atoms with Crippen LogP contribution < -0.4 is 21.1 Å². The molecule has 0 atom stereocenters. The van der Waals surface area contributed by atoms with Crippen molar-refractivity contribution in [3.05, 3.63) is 70.6 Å². The molecule has 8 heteroatoms. The minimum absolute atomic E-state index is 0.136. The number of urea groups is 1. The van der Waals surface area contributed by atoms with Gasteiger partial charge >= 0.3 is 11.7 Å². The lowest BCUT2D eigenvalue weighted by Gasteiger charge is -2.07. The van der Waals surface area contributed by atoms with Gasteiger partial charge in [0.05, 0.1) is 13.7 Å². The fourth-order valence-corrected chi connectivity index (χ4v) is 3.64. The minimum Gasteiger partial charge on any atom is -0.497 e. The molecular weight excluding hydrogens is 406 g/mol. The number of carbonyl (C=O) groups is 1.